The summed E-state index contributed by atoms with van der Waals surface area (Å²) in [6.07, 6.45) is 0. The maximum Gasteiger partial charge on any atom is 0.129 e. The van der Waals surface area contributed by atoms with Crippen molar-refractivity contribution in [2.45, 2.75) is 27.7 Å². The van der Waals surface area contributed by atoms with Gasteiger partial charge in [0.2, 0.25) is 0 Å². The van der Waals surface area contributed by atoms with Crippen molar-refractivity contribution in [2.75, 3.05) is 23.7 Å². The second kappa shape index (κ2) is 6.12. The van der Waals surface area contributed by atoms with E-state index < -0.39 is 0 Å². The maximum atomic E-state index is 5.82. The van der Waals surface area contributed by atoms with Crippen molar-refractivity contribution in [2.24, 2.45) is 11.8 Å². The predicted octanol–water partition coefficient (Wildman–Crippen LogP) is 3.94. The monoisotopic (exact) mass is 271 g/mol. The van der Waals surface area contributed by atoms with Crippen LogP contribution in [0.15, 0.2) is 30.3 Å². The van der Waals surface area contributed by atoms with E-state index in [2.05, 4.69) is 44.7 Å². The summed E-state index contributed by atoms with van der Waals surface area (Å²) >= 11 is 0. The van der Waals surface area contributed by atoms with Gasteiger partial charge in [0.05, 0.1) is 5.52 Å². The quantitative estimate of drug-likeness (QED) is 0.838. The van der Waals surface area contributed by atoms with Gasteiger partial charge in [0, 0.05) is 24.2 Å². The maximum absolute atomic E-state index is 5.82. The number of hydrogen-bond acceptors (Lipinski definition) is 3. The van der Waals surface area contributed by atoms with Crippen molar-refractivity contribution < 1.29 is 0 Å². The molecule has 108 valence electrons. The van der Waals surface area contributed by atoms with Gasteiger partial charge in [-0.3, -0.25) is 0 Å². The zero-order chi connectivity index (χ0) is 14.7. The third kappa shape index (κ3) is 3.62. The minimum Gasteiger partial charge on any atom is -0.399 e. The molecule has 20 heavy (non-hydrogen) atoms. The lowest BCUT2D eigenvalue weighted by Crippen LogP contribution is -2.31. The highest BCUT2D eigenvalue weighted by Crippen LogP contribution is 2.21. The van der Waals surface area contributed by atoms with Gasteiger partial charge in [-0.25, -0.2) is 4.98 Å². The van der Waals surface area contributed by atoms with E-state index in [9.17, 15) is 0 Å². The highest BCUT2D eigenvalue weighted by atomic mass is 15.2. The van der Waals surface area contributed by atoms with Crippen LogP contribution in [0.1, 0.15) is 27.7 Å². The number of fused-ring (bicyclic) bond motifs is 1. The Balaban J connectivity index is 2.34. The topological polar surface area (TPSA) is 42.1 Å². The molecular formula is C17H25N3. The van der Waals surface area contributed by atoms with Gasteiger partial charge in [-0.2, -0.15) is 0 Å². The average Bonchev–Trinajstić information content (AvgIpc) is 2.36. The minimum atomic E-state index is 0.623. The predicted molar refractivity (Wildman–Crippen MR) is 88.0 cm³/mol. The van der Waals surface area contributed by atoms with Crippen LogP contribution in [0.3, 0.4) is 0 Å². The number of nitrogens with two attached hydrogens (primary N) is 1. The minimum absolute atomic E-state index is 0.623. The lowest BCUT2D eigenvalue weighted by Gasteiger charge is -2.27. The first-order chi connectivity index (χ1) is 9.45. The molecule has 0 unspecified atom stereocenters. The van der Waals surface area contributed by atoms with E-state index in [1.165, 1.54) is 0 Å². The molecule has 0 atom stereocenters. The van der Waals surface area contributed by atoms with E-state index in [1.54, 1.807) is 0 Å². The van der Waals surface area contributed by atoms with Gasteiger partial charge in [-0.1, -0.05) is 27.7 Å². The molecule has 0 saturated carbocycles. The Morgan fingerprint density at radius 1 is 1.00 bits per heavy atom. The van der Waals surface area contributed by atoms with E-state index in [1.807, 2.05) is 18.2 Å². The summed E-state index contributed by atoms with van der Waals surface area (Å²) in [6, 6.07) is 10.1. The second-order valence-corrected chi connectivity index (χ2v) is 6.31. The van der Waals surface area contributed by atoms with Crippen LogP contribution in [0, 0.1) is 11.8 Å². The number of benzene rings is 1. The van der Waals surface area contributed by atoms with Gasteiger partial charge >= 0.3 is 0 Å². The van der Waals surface area contributed by atoms with Crippen LogP contribution >= 0.6 is 0 Å². The van der Waals surface area contributed by atoms with Gasteiger partial charge in [-0.15, -0.1) is 0 Å². The Morgan fingerprint density at radius 2 is 1.65 bits per heavy atom. The first-order valence-electron chi connectivity index (χ1n) is 7.37. The normalized spacial score (nSPS) is 11.5. The molecule has 2 rings (SSSR count). The Bertz CT molecular complexity index is 565. The molecule has 0 aliphatic carbocycles. The summed E-state index contributed by atoms with van der Waals surface area (Å²) in [7, 11) is 0. The Labute approximate surface area is 121 Å². The largest absolute Gasteiger partial charge is 0.399 e. The number of pyridine rings is 1. The third-order valence-corrected chi connectivity index (χ3v) is 3.19. The molecule has 0 aliphatic rings. The van der Waals surface area contributed by atoms with Crippen molar-refractivity contribution in [1.29, 1.82) is 0 Å². The molecule has 2 aromatic rings. The van der Waals surface area contributed by atoms with Gasteiger partial charge < -0.3 is 10.6 Å². The zero-order valence-electron chi connectivity index (χ0n) is 12.9. The van der Waals surface area contributed by atoms with Crippen LogP contribution in [0.25, 0.3) is 10.9 Å². The molecule has 0 amide bonds. The molecule has 0 saturated heterocycles. The highest BCUT2D eigenvalue weighted by Gasteiger charge is 2.12. The lowest BCUT2D eigenvalue weighted by atomic mass is 10.1. The molecule has 0 spiro atoms. The molecule has 0 radical (unpaired) electrons. The van der Waals surface area contributed by atoms with Crippen molar-refractivity contribution in [3.05, 3.63) is 30.3 Å². The molecule has 1 aromatic heterocycles. The van der Waals surface area contributed by atoms with Gasteiger partial charge in [0.15, 0.2) is 0 Å². The molecule has 2 N–H and O–H groups in total. The molecule has 1 heterocycles. The average molecular weight is 271 g/mol. The lowest BCUT2D eigenvalue weighted by molar-refractivity contribution is 0.549. The van der Waals surface area contributed by atoms with Crippen LogP contribution < -0.4 is 10.6 Å². The fourth-order valence-corrected chi connectivity index (χ4v) is 2.45. The van der Waals surface area contributed by atoms with Gasteiger partial charge in [0.1, 0.15) is 5.82 Å². The fourth-order valence-electron chi connectivity index (χ4n) is 2.45. The number of aromatic nitrogens is 1. The second-order valence-electron chi connectivity index (χ2n) is 6.31. The van der Waals surface area contributed by atoms with Crippen LogP contribution in [0.5, 0.6) is 0 Å². The number of anilines is 2. The standard InChI is InChI=1S/C17H25N3/c1-12(2)10-20(11-13(3)4)17-8-5-14-9-15(18)6-7-16(14)19-17/h5-9,12-13H,10-11,18H2,1-4H3. The third-order valence-electron chi connectivity index (χ3n) is 3.19. The molecule has 0 aliphatic heterocycles. The summed E-state index contributed by atoms with van der Waals surface area (Å²) in [6.45, 7) is 11.0. The molecule has 1 aromatic carbocycles. The Morgan fingerprint density at radius 3 is 2.25 bits per heavy atom. The van der Waals surface area contributed by atoms with Crippen LogP contribution in [-0.2, 0) is 0 Å². The Kier molecular flexibility index (Phi) is 4.48. The van der Waals surface area contributed by atoms with Crippen molar-refractivity contribution in [3.63, 3.8) is 0 Å². The summed E-state index contributed by atoms with van der Waals surface area (Å²) in [5.41, 5.74) is 7.61. The number of nitrogens with zero attached hydrogens (tertiary/aromatic N) is 2. The van der Waals surface area contributed by atoms with Gasteiger partial charge in [-0.05, 0) is 42.2 Å². The van der Waals surface area contributed by atoms with Crippen molar-refractivity contribution in [1.82, 2.24) is 4.98 Å². The number of rotatable bonds is 5. The fraction of sp³-hybridized carbons (Fsp3) is 0.471. The Hall–Kier alpha value is -1.77. The summed E-state index contributed by atoms with van der Waals surface area (Å²) < 4.78 is 0. The summed E-state index contributed by atoms with van der Waals surface area (Å²) in [5, 5.41) is 1.10. The van der Waals surface area contributed by atoms with Crippen LogP contribution in [0.2, 0.25) is 0 Å². The highest BCUT2D eigenvalue weighted by molar-refractivity contribution is 5.83. The molecule has 3 nitrogen and oxygen atoms in total. The molecular weight excluding hydrogens is 246 g/mol. The summed E-state index contributed by atoms with van der Waals surface area (Å²) in [5.74, 6) is 2.31. The number of hydrogen-bond donors (Lipinski definition) is 1. The first-order valence-corrected chi connectivity index (χ1v) is 7.37. The van der Waals surface area contributed by atoms with Crippen LogP contribution in [0.4, 0.5) is 11.5 Å². The van der Waals surface area contributed by atoms with E-state index in [0.717, 1.165) is 35.5 Å². The van der Waals surface area contributed by atoms with Crippen LogP contribution in [-0.4, -0.2) is 18.1 Å². The van der Waals surface area contributed by atoms with E-state index >= 15 is 0 Å². The smallest absolute Gasteiger partial charge is 0.129 e. The molecule has 3 heteroatoms. The summed E-state index contributed by atoms with van der Waals surface area (Å²) in [4.78, 5) is 7.17. The SMILES string of the molecule is CC(C)CN(CC(C)C)c1ccc2cc(N)ccc2n1. The molecule has 0 fully saturated rings. The number of nitrogen functional groups attached to an aromatic ring is 1. The van der Waals surface area contributed by atoms with E-state index in [0.29, 0.717) is 11.8 Å². The molecule has 0 bridgehead atoms. The van der Waals surface area contributed by atoms with Crippen molar-refractivity contribution >= 4 is 22.4 Å². The van der Waals surface area contributed by atoms with E-state index in [4.69, 9.17) is 10.7 Å². The van der Waals surface area contributed by atoms with Gasteiger partial charge in [0.25, 0.3) is 0 Å². The first kappa shape index (κ1) is 14.6. The van der Waals surface area contributed by atoms with E-state index in [-0.39, 0.29) is 0 Å². The zero-order valence-corrected chi connectivity index (χ0v) is 12.9. The van der Waals surface area contributed by atoms with Crippen molar-refractivity contribution in [3.8, 4) is 0 Å².